The van der Waals surface area contributed by atoms with Crippen molar-refractivity contribution in [2.75, 3.05) is 20.8 Å². The molecule has 0 bridgehead atoms. The second kappa shape index (κ2) is 8.69. The fraction of sp³-hybridized carbons (Fsp3) is 0.188. The number of methoxy groups -OCH3 is 2. The molecule has 0 atom stereocenters. The Bertz CT molecular complexity index is 738. The SMILES string of the molecule is COc1cc(OC)cc(C(=O)OCC(=O)NNC(=O)c2cccs2)c1. The zero-order chi connectivity index (χ0) is 18.2. The largest absolute Gasteiger partial charge is 0.497 e. The number of hydrogen-bond donors (Lipinski definition) is 2. The van der Waals surface area contributed by atoms with Crippen LogP contribution in [0.4, 0.5) is 0 Å². The molecule has 0 fully saturated rings. The summed E-state index contributed by atoms with van der Waals surface area (Å²) in [4.78, 5) is 35.8. The minimum Gasteiger partial charge on any atom is -0.497 e. The molecule has 9 heteroatoms. The Morgan fingerprint density at radius 1 is 1.04 bits per heavy atom. The number of carbonyl (C=O) groups is 3. The molecule has 1 aromatic heterocycles. The summed E-state index contributed by atoms with van der Waals surface area (Å²) in [6.45, 7) is -0.553. The monoisotopic (exact) mass is 364 g/mol. The minimum atomic E-state index is -0.725. The fourth-order valence-corrected chi connectivity index (χ4v) is 2.39. The van der Waals surface area contributed by atoms with E-state index in [0.29, 0.717) is 16.4 Å². The van der Waals surface area contributed by atoms with Gasteiger partial charge in [0.25, 0.3) is 11.8 Å². The Kier molecular flexibility index (Phi) is 6.35. The van der Waals surface area contributed by atoms with E-state index in [0.717, 1.165) is 0 Å². The van der Waals surface area contributed by atoms with Gasteiger partial charge in [0, 0.05) is 6.07 Å². The third-order valence-electron chi connectivity index (χ3n) is 2.98. The predicted octanol–water partition coefficient (Wildman–Crippen LogP) is 1.38. The number of hydrazine groups is 1. The molecule has 132 valence electrons. The van der Waals surface area contributed by atoms with Crippen molar-refractivity contribution in [2.24, 2.45) is 0 Å². The molecule has 0 radical (unpaired) electrons. The molecule has 2 N–H and O–H groups in total. The van der Waals surface area contributed by atoms with Crippen molar-refractivity contribution in [3.05, 3.63) is 46.2 Å². The first kappa shape index (κ1) is 18.3. The number of thiophene rings is 1. The van der Waals surface area contributed by atoms with Crippen molar-refractivity contribution in [1.29, 1.82) is 0 Å². The van der Waals surface area contributed by atoms with Crippen molar-refractivity contribution in [3.8, 4) is 11.5 Å². The van der Waals surface area contributed by atoms with E-state index in [9.17, 15) is 14.4 Å². The third-order valence-corrected chi connectivity index (χ3v) is 3.85. The van der Waals surface area contributed by atoms with Gasteiger partial charge in [0.15, 0.2) is 6.61 Å². The van der Waals surface area contributed by atoms with Gasteiger partial charge in [-0.3, -0.25) is 20.4 Å². The summed E-state index contributed by atoms with van der Waals surface area (Å²) in [7, 11) is 2.90. The van der Waals surface area contributed by atoms with E-state index in [1.807, 2.05) is 0 Å². The Morgan fingerprint density at radius 3 is 2.28 bits per heavy atom. The Labute approximate surface area is 147 Å². The Morgan fingerprint density at radius 2 is 1.72 bits per heavy atom. The number of nitrogens with one attached hydrogen (secondary N) is 2. The van der Waals surface area contributed by atoms with Crippen LogP contribution in [-0.4, -0.2) is 38.6 Å². The van der Waals surface area contributed by atoms with Crippen molar-refractivity contribution in [1.82, 2.24) is 10.9 Å². The van der Waals surface area contributed by atoms with Crippen molar-refractivity contribution >= 4 is 29.1 Å². The van der Waals surface area contributed by atoms with E-state index < -0.39 is 24.4 Å². The molecule has 0 saturated heterocycles. The van der Waals surface area contributed by atoms with Crippen LogP contribution in [0.2, 0.25) is 0 Å². The van der Waals surface area contributed by atoms with Gasteiger partial charge in [-0.1, -0.05) is 6.07 Å². The van der Waals surface area contributed by atoms with E-state index in [-0.39, 0.29) is 5.56 Å². The summed E-state index contributed by atoms with van der Waals surface area (Å²) in [5.41, 5.74) is 4.56. The molecular weight excluding hydrogens is 348 g/mol. The Balaban J connectivity index is 1.85. The quantitative estimate of drug-likeness (QED) is 0.593. The zero-order valence-electron chi connectivity index (χ0n) is 13.5. The topological polar surface area (TPSA) is 103 Å². The van der Waals surface area contributed by atoms with Gasteiger partial charge in [0.2, 0.25) is 0 Å². The van der Waals surface area contributed by atoms with E-state index in [1.54, 1.807) is 23.6 Å². The first-order chi connectivity index (χ1) is 12.0. The lowest BCUT2D eigenvalue weighted by atomic mass is 10.2. The highest BCUT2D eigenvalue weighted by Crippen LogP contribution is 2.22. The summed E-state index contributed by atoms with van der Waals surface area (Å²) < 4.78 is 15.0. The molecule has 8 nitrogen and oxygen atoms in total. The van der Waals surface area contributed by atoms with Gasteiger partial charge < -0.3 is 14.2 Å². The highest BCUT2D eigenvalue weighted by Gasteiger charge is 2.14. The van der Waals surface area contributed by atoms with Gasteiger partial charge in [0.05, 0.1) is 24.7 Å². The van der Waals surface area contributed by atoms with Gasteiger partial charge in [-0.15, -0.1) is 11.3 Å². The van der Waals surface area contributed by atoms with E-state index in [2.05, 4.69) is 10.9 Å². The molecule has 2 amide bonds. The molecular formula is C16H16N2O6S. The summed E-state index contributed by atoms with van der Waals surface area (Å²) >= 11 is 1.23. The molecule has 0 aliphatic heterocycles. The highest BCUT2D eigenvalue weighted by molar-refractivity contribution is 7.12. The average Bonchev–Trinajstić information content (AvgIpc) is 3.18. The maximum absolute atomic E-state index is 12.0. The van der Waals surface area contributed by atoms with Crippen LogP contribution in [0.25, 0.3) is 0 Å². The van der Waals surface area contributed by atoms with Crippen LogP contribution in [0.1, 0.15) is 20.0 Å². The standard InChI is InChI=1S/C16H16N2O6S/c1-22-11-6-10(7-12(8-11)23-2)16(21)24-9-14(19)17-18-15(20)13-4-3-5-25-13/h3-8H,9H2,1-2H3,(H,17,19)(H,18,20). The Hall–Kier alpha value is -3.07. The normalized spacial score (nSPS) is 9.84. The molecule has 0 saturated carbocycles. The number of amides is 2. The lowest BCUT2D eigenvalue weighted by Gasteiger charge is -2.09. The number of ether oxygens (including phenoxy) is 3. The van der Waals surface area contributed by atoms with Crippen LogP contribution in [0, 0.1) is 0 Å². The first-order valence-electron chi connectivity index (χ1n) is 7.06. The van der Waals surface area contributed by atoms with Crippen molar-refractivity contribution < 1.29 is 28.6 Å². The number of hydrogen-bond acceptors (Lipinski definition) is 7. The summed E-state index contributed by atoms with van der Waals surface area (Å²) in [5, 5.41) is 1.74. The third kappa shape index (κ3) is 5.21. The molecule has 2 rings (SSSR count). The van der Waals surface area contributed by atoms with Gasteiger partial charge in [0.1, 0.15) is 11.5 Å². The van der Waals surface area contributed by atoms with E-state index in [4.69, 9.17) is 14.2 Å². The fourth-order valence-electron chi connectivity index (χ4n) is 1.77. The first-order valence-corrected chi connectivity index (χ1v) is 7.94. The van der Waals surface area contributed by atoms with Gasteiger partial charge in [-0.2, -0.15) is 0 Å². The molecule has 25 heavy (non-hydrogen) atoms. The number of benzene rings is 1. The van der Waals surface area contributed by atoms with Gasteiger partial charge >= 0.3 is 5.97 Å². The van der Waals surface area contributed by atoms with Crippen LogP contribution < -0.4 is 20.3 Å². The van der Waals surface area contributed by atoms with Gasteiger partial charge in [-0.25, -0.2) is 4.79 Å². The molecule has 2 aromatic rings. The van der Waals surface area contributed by atoms with E-state index in [1.165, 1.54) is 37.7 Å². The van der Waals surface area contributed by atoms with E-state index >= 15 is 0 Å². The van der Waals surface area contributed by atoms with Crippen LogP contribution in [0.15, 0.2) is 35.7 Å². The summed E-state index contributed by atoms with van der Waals surface area (Å²) in [6.07, 6.45) is 0. The maximum atomic E-state index is 12.0. The van der Waals surface area contributed by atoms with Crippen LogP contribution >= 0.6 is 11.3 Å². The highest BCUT2D eigenvalue weighted by atomic mass is 32.1. The second-order valence-corrected chi connectivity index (χ2v) is 5.60. The number of esters is 1. The minimum absolute atomic E-state index is 0.173. The van der Waals surface area contributed by atoms with Gasteiger partial charge in [-0.05, 0) is 23.6 Å². The number of rotatable bonds is 6. The predicted molar refractivity (Wildman–Crippen MR) is 89.8 cm³/mol. The zero-order valence-corrected chi connectivity index (χ0v) is 14.3. The lowest BCUT2D eigenvalue weighted by Crippen LogP contribution is -2.43. The average molecular weight is 364 g/mol. The lowest BCUT2D eigenvalue weighted by molar-refractivity contribution is -0.125. The molecule has 1 heterocycles. The number of carbonyl (C=O) groups excluding carboxylic acids is 3. The summed E-state index contributed by atoms with van der Waals surface area (Å²) in [5.74, 6) is -1.02. The molecule has 0 aliphatic rings. The smallest absolute Gasteiger partial charge is 0.338 e. The molecule has 1 aromatic carbocycles. The second-order valence-electron chi connectivity index (χ2n) is 4.66. The molecule has 0 aliphatic carbocycles. The van der Waals surface area contributed by atoms with Crippen LogP contribution in [-0.2, 0) is 9.53 Å². The molecule has 0 spiro atoms. The summed E-state index contributed by atoms with van der Waals surface area (Å²) in [6, 6.07) is 7.85. The van der Waals surface area contributed by atoms with Crippen molar-refractivity contribution in [2.45, 2.75) is 0 Å². The van der Waals surface area contributed by atoms with Crippen molar-refractivity contribution in [3.63, 3.8) is 0 Å². The van der Waals surface area contributed by atoms with Crippen LogP contribution in [0.5, 0.6) is 11.5 Å². The molecule has 0 unspecified atom stereocenters. The van der Waals surface area contributed by atoms with Crippen LogP contribution in [0.3, 0.4) is 0 Å². The maximum Gasteiger partial charge on any atom is 0.338 e.